The summed E-state index contributed by atoms with van der Waals surface area (Å²) >= 11 is 0.475. The Hall–Kier alpha value is -0.340. The summed E-state index contributed by atoms with van der Waals surface area (Å²) in [6.07, 6.45) is 6.64. The predicted octanol–water partition coefficient (Wildman–Crippen LogP) is -0.179. The number of hydrogen-bond acceptors (Lipinski definition) is 4. The van der Waals surface area contributed by atoms with Crippen molar-refractivity contribution in [1.82, 2.24) is 4.90 Å². The zero-order chi connectivity index (χ0) is 17.9. The van der Waals surface area contributed by atoms with E-state index in [1.54, 1.807) is 24.3 Å². The van der Waals surface area contributed by atoms with Crippen molar-refractivity contribution in [2.24, 2.45) is 5.92 Å². The van der Waals surface area contributed by atoms with Gasteiger partial charge in [-0.15, -0.1) is 0 Å². The number of halogens is 1. The predicted molar refractivity (Wildman–Crippen MR) is 96.7 cm³/mol. The van der Waals surface area contributed by atoms with E-state index in [4.69, 9.17) is 4.74 Å². The SMILES string of the molecule is CC1CC(COc2ccc(S(C)(=O)=O)cc2)CN1C1CCC[I-]CC1. The van der Waals surface area contributed by atoms with Crippen molar-refractivity contribution in [1.29, 1.82) is 0 Å². The van der Waals surface area contributed by atoms with Crippen LogP contribution in [0.2, 0.25) is 0 Å². The molecule has 0 aliphatic carbocycles. The van der Waals surface area contributed by atoms with Crippen LogP contribution in [0.15, 0.2) is 29.2 Å². The van der Waals surface area contributed by atoms with Gasteiger partial charge in [0.2, 0.25) is 0 Å². The molecule has 0 spiro atoms. The molecule has 2 saturated heterocycles. The van der Waals surface area contributed by atoms with Crippen molar-refractivity contribution in [2.75, 3.05) is 28.3 Å². The van der Waals surface area contributed by atoms with Crippen molar-refractivity contribution >= 4 is 9.84 Å². The van der Waals surface area contributed by atoms with E-state index >= 15 is 0 Å². The Bertz CT molecular complexity index is 654. The van der Waals surface area contributed by atoms with Gasteiger partial charge in [-0.05, 0) is 0 Å². The third kappa shape index (κ3) is 5.32. The quantitative estimate of drug-likeness (QED) is 0.436. The van der Waals surface area contributed by atoms with E-state index in [0.29, 0.717) is 38.1 Å². The van der Waals surface area contributed by atoms with Gasteiger partial charge in [-0.1, -0.05) is 0 Å². The molecule has 0 amide bonds. The summed E-state index contributed by atoms with van der Waals surface area (Å²) in [5.41, 5.74) is 0. The van der Waals surface area contributed by atoms with E-state index in [-0.39, 0.29) is 0 Å². The van der Waals surface area contributed by atoms with E-state index in [2.05, 4.69) is 11.8 Å². The Balaban J connectivity index is 1.52. The molecule has 2 aliphatic rings. The van der Waals surface area contributed by atoms with Gasteiger partial charge in [-0.2, -0.15) is 0 Å². The first kappa shape index (κ1) is 19.4. The van der Waals surface area contributed by atoms with Gasteiger partial charge in [0.05, 0.1) is 0 Å². The second-order valence-electron chi connectivity index (χ2n) is 7.35. The summed E-state index contributed by atoms with van der Waals surface area (Å²) in [5.74, 6) is 1.33. The van der Waals surface area contributed by atoms with Crippen molar-refractivity contribution in [3.8, 4) is 5.75 Å². The molecule has 3 unspecified atom stereocenters. The van der Waals surface area contributed by atoms with Crippen molar-refractivity contribution in [2.45, 2.75) is 49.6 Å². The Morgan fingerprint density at radius 2 is 1.96 bits per heavy atom. The minimum atomic E-state index is -3.14. The first-order valence-corrected chi connectivity index (χ1v) is 14.1. The van der Waals surface area contributed by atoms with Gasteiger partial charge >= 0.3 is 138 Å². The maximum absolute atomic E-state index is 11.5. The van der Waals surface area contributed by atoms with Crippen LogP contribution in [0.4, 0.5) is 0 Å². The molecule has 1 aromatic carbocycles. The average molecular weight is 478 g/mol. The van der Waals surface area contributed by atoms with Crippen molar-refractivity contribution in [3.63, 3.8) is 0 Å². The molecule has 0 saturated carbocycles. The molecular formula is C19H29INO3S-. The van der Waals surface area contributed by atoms with Gasteiger partial charge in [0.15, 0.2) is 9.84 Å². The van der Waals surface area contributed by atoms with Crippen LogP contribution in [0.3, 0.4) is 0 Å². The molecule has 2 fully saturated rings. The van der Waals surface area contributed by atoms with Crippen LogP contribution >= 0.6 is 0 Å². The van der Waals surface area contributed by atoms with Crippen LogP contribution in [-0.2, 0) is 9.84 Å². The summed E-state index contributed by atoms with van der Waals surface area (Å²) in [7, 11) is -3.14. The Labute approximate surface area is 162 Å². The van der Waals surface area contributed by atoms with E-state index in [9.17, 15) is 8.42 Å². The molecule has 2 aliphatic heterocycles. The summed E-state index contributed by atoms with van der Waals surface area (Å²) in [4.78, 5) is 3.08. The van der Waals surface area contributed by atoms with Crippen molar-refractivity contribution in [3.05, 3.63) is 24.3 Å². The van der Waals surface area contributed by atoms with E-state index in [1.165, 1.54) is 40.8 Å². The van der Waals surface area contributed by atoms with Gasteiger partial charge in [0.25, 0.3) is 0 Å². The van der Waals surface area contributed by atoms with Crippen LogP contribution < -0.4 is 25.9 Å². The monoisotopic (exact) mass is 478 g/mol. The van der Waals surface area contributed by atoms with E-state index < -0.39 is 9.84 Å². The molecular weight excluding hydrogens is 449 g/mol. The number of sulfone groups is 1. The zero-order valence-corrected chi connectivity index (χ0v) is 18.1. The average Bonchev–Trinajstić information content (AvgIpc) is 2.77. The zero-order valence-electron chi connectivity index (χ0n) is 15.2. The Morgan fingerprint density at radius 1 is 1.20 bits per heavy atom. The summed E-state index contributed by atoms with van der Waals surface area (Å²) in [6.45, 7) is 4.23. The second-order valence-corrected chi connectivity index (χ2v) is 12.6. The molecule has 6 heteroatoms. The summed E-state index contributed by atoms with van der Waals surface area (Å²) in [5, 5.41) is 0. The third-order valence-corrected chi connectivity index (χ3v) is 9.34. The van der Waals surface area contributed by atoms with E-state index in [0.717, 1.165) is 24.9 Å². The molecule has 2 heterocycles. The molecule has 3 rings (SSSR count). The van der Waals surface area contributed by atoms with Gasteiger partial charge in [0, 0.05) is 6.26 Å². The summed E-state index contributed by atoms with van der Waals surface area (Å²) in [6, 6.07) is 8.23. The molecule has 0 aromatic heterocycles. The maximum atomic E-state index is 11.5. The number of alkyl halides is 2. The van der Waals surface area contributed by atoms with Gasteiger partial charge in [-0.3, -0.25) is 0 Å². The fraction of sp³-hybridized carbons (Fsp3) is 0.684. The van der Waals surface area contributed by atoms with Crippen LogP contribution in [-0.4, -0.2) is 53.7 Å². The summed E-state index contributed by atoms with van der Waals surface area (Å²) < 4.78 is 32.0. The number of likely N-dealkylation sites (tertiary alicyclic amines) is 1. The second kappa shape index (κ2) is 8.57. The minimum absolute atomic E-state index is 0.344. The van der Waals surface area contributed by atoms with Crippen LogP contribution in [0.1, 0.15) is 32.6 Å². The molecule has 25 heavy (non-hydrogen) atoms. The Kier molecular flexibility index (Phi) is 6.65. The van der Waals surface area contributed by atoms with Gasteiger partial charge < -0.3 is 0 Å². The number of ether oxygens (including phenoxy) is 1. The van der Waals surface area contributed by atoms with Crippen LogP contribution in [0, 0.1) is 5.92 Å². The van der Waals surface area contributed by atoms with Crippen molar-refractivity contribution < 1.29 is 34.4 Å². The number of nitrogens with zero attached hydrogens (tertiary/aromatic N) is 1. The normalized spacial score (nSPS) is 29.0. The van der Waals surface area contributed by atoms with Gasteiger partial charge in [0.1, 0.15) is 0 Å². The molecule has 0 radical (unpaired) electrons. The molecule has 1 aromatic rings. The fourth-order valence-corrected chi connectivity index (χ4v) is 7.29. The van der Waals surface area contributed by atoms with Gasteiger partial charge in [-0.25, -0.2) is 8.42 Å². The standard InChI is InChI=1S/C19H29INO3S/c1-15-12-16(13-21(15)17-4-3-10-20-11-9-17)14-24-18-5-7-19(8-6-18)25(2,22)23/h5-8,15-17H,3-4,9-14H2,1-2H3/q-1. The molecule has 3 atom stereocenters. The third-order valence-electron chi connectivity index (χ3n) is 5.30. The first-order valence-electron chi connectivity index (χ1n) is 9.15. The first-order chi connectivity index (χ1) is 11.9. The molecule has 142 valence electrons. The van der Waals surface area contributed by atoms with Crippen LogP contribution in [0.25, 0.3) is 0 Å². The number of rotatable bonds is 5. The fourth-order valence-electron chi connectivity index (χ4n) is 3.98. The molecule has 0 bridgehead atoms. The number of hydrogen-bond donors (Lipinski definition) is 0. The molecule has 4 nitrogen and oxygen atoms in total. The Morgan fingerprint density at radius 3 is 2.68 bits per heavy atom. The number of benzene rings is 1. The van der Waals surface area contributed by atoms with E-state index in [1.807, 2.05) is 0 Å². The van der Waals surface area contributed by atoms with Crippen LogP contribution in [0.5, 0.6) is 5.75 Å². The topological polar surface area (TPSA) is 46.6 Å². The molecule has 0 N–H and O–H groups in total.